The summed E-state index contributed by atoms with van der Waals surface area (Å²) in [6.45, 7) is 4.27. The van der Waals surface area contributed by atoms with E-state index in [4.69, 9.17) is 0 Å². The molecule has 0 aromatic carbocycles. The fourth-order valence-corrected chi connectivity index (χ4v) is 2.58. The van der Waals surface area contributed by atoms with Crippen LogP contribution in [-0.2, 0) is 0 Å². The lowest BCUT2D eigenvalue weighted by molar-refractivity contribution is 0.0255. The van der Waals surface area contributed by atoms with Crippen molar-refractivity contribution in [2.45, 2.75) is 63.6 Å². The van der Waals surface area contributed by atoms with Gasteiger partial charge >= 0.3 is 0 Å². The first kappa shape index (κ1) is 9.47. The van der Waals surface area contributed by atoms with E-state index in [1.54, 1.807) is 0 Å². The highest BCUT2D eigenvalue weighted by Gasteiger charge is 2.39. The van der Waals surface area contributed by atoms with Crippen LogP contribution >= 0.6 is 0 Å². The highest BCUT2D eigenvalue weighted by molar-refractivity contribution is 4.97. The molecule has 4 atom stereocenters. The van der Waals surface area contributed by atoms with E-state index < -0.39 is 5.60 Å². The highest BCUT2D eigenvalue weighted by atomic mass is 16.3. The molecule has 2 heteroatoms. The Hall–Kier alpha value is -0.0800. The molecule has 0 radical (unpaired) electrons. The van der Waals surface area contributed by atoms with Gasteiger partial charge in [-0.1, -0.05) is 6.92 Å². The smallest absolute Gasteiger partial charge is 0.0772 e. The van der Waals surface area contributed by atoms with Gasteiger partial charge in [0.25, 0.3) is 0 Å². The summed E-state index contributed by atoms with van der Waals surface area (Å²) < 4.78 is 0. The molecule has 2 fully saturated rings. The topological polar surface area (TPSA) is 32.3 Å². The summed E-state index contributed by atoms with van der Waals surface area (Å²) in [6.07, 6.45) is 5.94. The summed E-state index contributed by atoms with van der Waals surface area (Å²) in [5.41, 5.74) is -0.449. The standard InChI is InChI=1S/C11H21NO/c1-8-5-6-9(8)12-10-4-3-7-11(10,2)13/h8-10,12-13H,3-7H2,1-2H3. The maximum atomic E-state index is 10.0. The molecule has 76 valence electrons. The van der Waals surface area contributed by atoms with Crippen LogP contribution < -0.4 is 5.32 Å². The molecule has 2 nitrogen and oxygen atoms in total. The molecule has 0 aliphatic heterocycles. The number of rotatable bonds is 2. The van der Waals surface area contributed by atoms with E-state index in [9.17, 15) is 5.11 Å². The second kappa shape index (κ2) is 3.25. The molecule has 4 unspecified atom stereocenters. The van der Waals surface area contributed by atoms with Gasteiger partial charge in [0.2, 0.25) is 0 Å². The molecule has 0 bridgehead atoms. The molecule has 0 aromatic heterocycles. The maximum absolute atomic E-state index is 10.0. The molecule has 2 aliphatic carbocycles. The lowest BCUT2D eigenvalue weighted by Gasteiger charge is -2.39. The summed E-state index contributed by atoms with van der Waals surface area (Å²) >= 11 is 0. The Morgan fingerprint density at radius 1 is 1.31 bits per heavy atom. The SMILES string of the molecule is CC1CCC1NC1CCCC1(C)O. The lowest BCUT2D eigenvalue weighted by atomic mass is 9.80. The van der Waals surface area contributed by atoms with Crippen molar-refractivity contribution in [3.8, 4) is 0 Å². The van der Waals surface area contributed by atoms with Gasteiger partial charge in [-0.15, -0.1) is 0 Å². The molecule has 2 rings (SSSR count). The number of aliphatic hydroxyl groups is 1. The highest BCUT2D eigenvalue weighted by Crippen LogP contribution is 2.33. The summed E-state index contributed by atoms with van der Waals surface area (Å²) in [7, 11) is 0. The van der Waals surface area contributed by atoms with E-state index >= 15 is 0 Å². The van der Waals surface area contributed by atoms with Crippen LogP contribution in [-0.4, -0.2) is 22.8 Å². The van der Waals surface area contributed by atoms with Gasteiger partial charge in [0, 0.05) is 12.1 Å². The predicted octanol–water partition coefficient (Wildman–Crippen LogP) is 1.68. The normalized spacial score (nSPS) is 50.5. The monoisotopic (exact) mass is 183 g/mol. The average molecular weight is 183 g/mol. The predicted molar refractivity (Wildman–Crippen MR) is 53.6 cm³/mol. The molecule has 0 aromatic rings. The van der Waals surface area contributed by atoms with Gasteiger partial charge in [0.05, 0.1) is 5.60 Å². The third-order valence-electron chi connectivity index (χ3n) is 3.96. The minimum atomic E-state index is -0.449. The Bertz CT molecular complexity index is 191. The Morgan fingerprint density at radius 3 is 2.46 bits per heavy atom. The maximum Gasteiger partial charge on any atom is 0.0772 e. The fraction of sp³-hybridized carbons (Fsp3) is 1.00. The largest absolute Gasteiger partial charge is 0.389 e. The van der Waals surface area contributed by atoms with Crippen molar-refractivity contribution in [2.75, 3.05) is 0 Å². The van der Waals surface area contributed by atoms with Crippen molar-refractivity contribution < 1.29 is 5.11 Å². The zero-order chi connectivity index (χ0) is 9.47. The quantitative estimate of drug-likeness (QED) is 0.682. The van der Waals surface area contributed by atoms with Crippen molar-refractivity contribution in [3.05, 3.63) is 0 Å². The zero-order valence-electron chi connectivity index (χ0n) is 8.71. The molecule has 2 aliphatic rings. The molecular weight excluding hydrogens is 162 g/mol. The van der Waals surface area contributed by atoms with Gasteiger partial charge in [0.1, 0.15) is 0 Å². The first-order chi connectivity index (χ1) is 6.09. The third-order valence-corrected chi connectivity index (χ3v) is 3.96. The van der Waals surface area contributed by atoms with E-state index in [1.807, 2.05) is 6.92 Å². The van der Waals surface area contributed by atoms with Crippen LogP contribution in [0.2, 0.25) is 0 Å². The van der Waals surface area contributed by atoms with E-state index in [1.165, 1.54) is 19.3 Å². The second-order valence-corrected chi connectivity index (χ2v) is 5.13. The van der Waals surface area contributed by atoms with E-state index in [2.05, 4.69) is 12.2 Å². The van der Waals surface area contributed by atoms with Crippen molar-refractivity contribution in [3.63, 3.8) is 0 Å². The summed E-state index contributed by atoms with van der Waals surface area (Å²) in [6, 6.07) is 1.02. The molecule has 2 N–H and O–H groups in total. The Morgan fingerprint density at radius 2 is 2.08 bits per heavy atom. The fourth-order valence-electron chi connectivity index (χ4n) is 2.58. The molecule has 0 saturated heterocycles. The minimum absolute atomic E-state index is 0.347. The third kappa shape index (κ3) is 1.75. The Labute approximate surface area is 80.7 Å². The van der Waals surface area contributed by atoms with Crippen molar-refractivity contribution in [1.29, 1.82) is 0 Å². The van der Waals surface area contributed by atoms with Gasteiger partial charge in [-0.2, -0.15) is 0 Å². The molecule has 0 spiro atoms. The van der Waals surface area contributed by atoms with Crippen LogP contribution in [0, 0.1) is 5.92 Å². The van der Waals surface area contributed by atoms with Gasteiger partial charge in [-0.05, 0) is 44.9 Å². The number of nitrogens with one attached hydrogen (secondary N) is 1. The molecule has 2 saturated carbocycles. The van der Waals surface area contributed by atoms with Crippen molar-refractivity contribution in [2.24, 2.45) is 5.92 Å². The average Bonchev–Trinajstić information content (AvgIpc) is 2.38. The number of hydrogen-bond donors (Lipinski definition) is 2. The van der Waals surface area contributed by atoms with Crippen LogP contribution in [0.15, 0.2) is 0 Å². The summed E-state index contributed by atoms with van der Waals surface area (Å²) in [5.74, 6) is 0.816. The van der Waals surface area contributed by atoms with Crippen LogP contribution in [0.1, 0.15) is 46.0 Å². The van der Waals surface area contributed by atoms with Gasteiger partial charge in [-0.25, -0.2) is 0 Å². The molecule has 0 amide bonds. The van der Waals surface area contributed by atoms with E-state index in [0.717, 1.165) is 18.8 Å². The van der Waals surface area contributed by atoms with Crippen LogP contribution in [0.25, 0.3) is 0 Å². The van der Waals surface area contributed by atoms with E-state index in [0.29, 0.717) is 12.1 Å². The first-order valence-corrected chi connectivity index (χ1v) is 5.58. The molecule has 13 heavy (non-hydrogen) atoms. The van der Waals surface area contributed by atoms with Gasteiger partial charge < -0.3 is 10.4 Å². The van der Waals surface area contributed by atoms with Crippen LogP contribution in [0.5, 0.6) is 0 Å². The minimum Gasteiger partial charge on any atom is -0.389 e. The van der Waals surface area contributed by atoms with Gasteiger partial charge in [0.15, 0.2) is 0 Å². The van der Waals surface area contributed by atoms with Gasteiger partial charge in [-0.3, -0.25) is 0 Å². The van der Waals surface area contributed by atoms with Crippen molar-refractivity contribution in [1.82, 2.24) is 5.32 Å². The second-order valence-electron chi connectivity index (χ2n) is 5.13. The molecule has 0 heterocycles. The Kier molecular flexibility index (Phi) is 2.37. The molecular formula is C11H21NO. The van der Waals surface area contributed by atoms with E-state index in [-0.39, 0.29) is 0 Å². The van der Waals surface area contributed by atoms with Crippen molar-refractivity contribution >= 4 is 0 Å². The number of hydrogen-bond acceptors (Lipinski definition) is 2. The zero-order valence-corrected chi connectivity index (χ0v) is 8.71. The van der Waals surface area contributed by atoms with Crippen LogP contribution in [0.4, 0.5) is 0 Å². The lowest BCUT2D eigenvalue weighted by Crippen LogP contribution is -2.53. The summed E-state index contributed by atoms with van der Waals surface area (Å²) in [4.78, 5) is 0. The Balaban J connectivity index is 1.87. The summed E-state index contributed by atoms with van der Waals surface area (Å²) in [5, 5.41) is 13.7. The first-order valence-electron chi connectivity index (χ1n) is 5.58. The van der Waals surface area contributed by atoms with Crippen LogP contribution in [0.3, 0.4) is 0 Å².